The highest BCUT2D eigenvalue weighted by atomic mass is 15.5. The molecule has 1 aromatic heterocycles. The number of tetrazole rings is 1. The third kappa shape index (κ3) is 3.15. The maximum absolute atomic E-state index is 3.95. The van der Waals surface area contributed by atoms with Crippen LogP contribution in [0.3, 0.4) is 0 Å². The van der Waals surface area contributed by atoms with Crippen LogP contribution in [0, 0.1) is 13.8 Å². The molecule has 0 N–H and O–H groups in total. The number of hydrogen-bond acceptors (Lipinski definition) is 3. The second-order valence-corrected chi connectivity index (χ2v) is 4.47. The van der Waals surface area contributed by atoms with Crippen LogP contribution in [-0.2, 0) is 6.42 Å². The van der Waals surface area contributed by atoms with Crippen LogP contribution in [-0.4, -0.2) is 20.2 Å². The third-order valence-electron chi connectivity index (χ3n) is 3.02. The van der Waals surface area contributed by atoms with E-state index in [0.29, 0.717) is 0 Å². The van der Waals surface area contributed by atoms with E-state index >= 15 is 0 Å². The van der Waals surface area contributed by atoms with Gasteiger partial charge in [-0.1, -0.05) is 38.3 Å². The summed E-state index contributed by atoms with van der Waals surface area (Å²) in [7, 11) is 0. The zero-order chi connectivity index (χ0) is 12.8. The van der Waals surface area contributed by atoms with Gasteiger partial charge in [-0.3, -0.25) is 0 Å². The van der Waals surface area contributed by atoms with E-state index in [2.05, 4.69) is 46.7 Å². The van der Waals surface area contributed by atoms with Crippen molar-refractivity contribution in [3.05, 3.63) is 42.6 Å². The molecular formula is C14H19N4. The summed E-state index contributed by atoms with van der Waals surface area (Å²) in [5.74, 6) is 0.804. The first-order valence-electron chi connectivity index (χ1n) is 6.45. The average Bonchev–Trinajstić information content (AvgIpc) is 2.82. The average molecular weight is 243 g/mol. The standard InChI is InChI=1S/C14H19N4/c1-3-4-5-6-7-13-8-10-14(11-9-13)18-12(2)15-16-17-18/h8-11H,1,3-7H2,2H3. The molecule has 0 spiro atoms. The van der Waals surface area contributed by atoms with Crippen LogP contribution in [0.1, 0.15) is 37.1 Å². The summed E-state index contributed by atoms with van der Waals surface area (Å²) in [6, 6.07) is 8.45. The predicted octanol–water partition coefficient (Wildman–Crippen LogP) is 2.91. The van der Waals surface area contributed by atoms with Gasteiger partial charge >= 0.3 is 0 Å². The lowest BCUT2D eigenvalue weighted by atomic mass is 10.1. The Balaban J connectivity index is 1.96. The van der Waals surface area contributed by atoms with E-state index in [4.69, 9.17) is 0 Å². The molecule has 0 atom stereocenters. The van der Waals surface area contributed by atoms with Crippen LogP contribution in [0.5, 0.6) is 0 Å². The molecule has 1 radical (unpaired) electrons. The Hall–Kier alpha value is -1.71. The highest BCUT2D eigenvalue weighted by Gasteiger charge is 2.02. The molecule has 2 rings (SSSR count). The molecule has 0 bridgehead atoms. The fourth-order valence-electron chi connectivity index (χ4n) is 1.96. The first-order valence-corrected chi connectivity index (χ1v) is 6.45. The van der Waals surface area contributed by atoms with Crippen molar-refractivity contribution < 1.29 is 0 Å². The molecule has 0 unspecified atom stereocenters. The minimum atomic E-state index is 0.804. The SMILES string of the molecule is [CH2]CCCCCc1ccc(-n2nnnc2C)cc1. The van der Waals surface area contributed by atoms with E-state index in [9.17, 15) is 0 Å². The van der Waals surface area contributed by atoms with E-state index < -0.39 is 0 Å². The summed E-state index contributed by atoms with van der Waals surface area (Å²) in [6.07, 6.45) is 5.89. The van der Waals surface area contributed by atoms with Gasteiger partial charge in [0.25, 0.3) is 0 Å². The molecule has 0 aliphatic carbocycles. The summed E-state index contributed by atoms with van der Waals surface area (Å²) in [4.78, 5) is 0. The highest BCUT2D eigenvalue weighted by Crippen LogP contribution is 2.12. The van der Waals surface area contributed by atoms with E-state index in [0.717, 1.165) is 24.4 Å². The second-order valence-electron chi connectivity index (χ2n) is 4.47. The number of nitrogens with zero attached hydrogens (tertiary/aromatic N) is 4. The summed E-state index contributed by atoms with van der Waals surface area (Å²) in [5.41, 5.74) is 2.38. The number of benzene rings is 1. The van der Waals surface area contributed by atoms with Crippen LogP contribution in [0.4, 0.5) is 0 Å². The summed E-state index contributed by atoms with van der Waals surface area (Å²) in [6.45, 7) is 5.75. The van der Waals surface area contributed by atoms with Gasteiger partial charge in [0.05, 0.1) is 5.69 Å². The molecule has 0 aliphatic heterocycles. The van der Waals surface area contributed by atoms with E-state index in [-0.39, 0.29) is 0 Å². The Labute approximate surface area is 108 Å². The maximum atomic E-state index is 3.95. The quantitative estimate of drug-likeness (QED) is 0.733. The molecular weight excluding hydrogens is 224 g/mol. The Bertz CT molecular complexity index is 473. The number of aryl methyl sites for hydroxylation is 2. The van der Waals surface area contributed by atoms with Gasteiger partial charge in [0.1, 0.15) is 0 Å². The summed E-state index contributed by atoms with van der Waals surface area (Å²) in [5, 5.41) is 11.5. The van der Waals surface area contributed by atoms with Gasteiger partial charge in [-0.25, -0.2) is 0 Å². The molecule has 1 heterocycles. The Morgan fingerprint density at radius 3 is 2.50 bits per heavy atom. The topological polar surface area (TPSA) is 43.6 Å². The van der Waals surface area contributed by atoms with E-state index in [1.807, 2.05) is 6.92 Å². The number of hydrogen-bond donors (Lipinski definition) is 0. The van der Waals surface area contributed by atoms with Crippen molar-refractivity contribution in [2.75, 3.05) is 0 Å². The Kier molecular flexibility index (Phi) is 4.45. The summed E-state index contributed by atoms with van der Waals surface area (Å²) >= 11 is 0. The number of unbranched alkanes of at least 4 members (excludes halogenated alkanes) is 3. The Morgan fingerprint density at radius 2 is 1.89 bits per heavy atom. The van der Waals surface area contributed by atoms with Gasteiger partial charge in [0, 0.05) is 0 Å². The monoisotopic (exact) mass is 243 g/mol. The summed E-state index contributed by atoms with van der Waals surface area (Å²) < 4.78 is 1.74. The minimum absolute atomic E-state index is 0.804. The molecule has 2 aromatic rings. The molecule has 0 amide bonds. The van der Waals surface area contributed by atoms with E-state index in [1.54, 1.807) is 4.68 Å². The van der Waals surface area contributed by atoms with Crippen LogP contribution in [0.15, 0.2) is 24.3 Å². The van der Waals surface area contributed by atoms with Crippen LogP contribution >= 0.6 is 0 Å². The molecule has 0 saturated carbocycles. The molecule has 0 fully saturated rings. The smallest absolute Gasteiger partial charge is 0.153 e. The van der Waals surface area contributed by atoms with Crippen molar-refractivity contribution in [2.45, 2.75) is 39.0 Å². The van der Waals surface area contributed by atoms with Crippen LogP contribution in [0.25, 0.3) is 5.69 Å². The van der Waals surface area contributed by atoms with Gasteiger partial charge in [-0.2, -0.15) is 4.68 Å². The van der Waals surface area contributed by atoms with E-state index in [1.165, 1.54) is 24.8 Å². The minimum Gasteiger partial charge on any atom is -0.198 e. The van der Waals surface area contributed by atoms with Crippen molar-refractivity contribution in [3.8, 4) is 5.69 Å². The number of rotatable bonds is 6. The first kappa shape index (κ1) is 12.7. The second kappa shape index (κ2) is 6.28. The molecule has 1 aromatic carbocycles. The molecule has 0 aliphatic rings. The van der Waals surface area contributed by atoms with Crippen molar-refractivity contribution in [2.24, 2.45) is 0 Å². The van der Waals surface area contributed by atoms with Gasteiger partial charge in [0.2, 0.25) is 0 Å². The van der Waals surface area contributed by atoms with Gasteiger partial charge < -0.3 is 0 Å². The van der Waals surface area contributed by atoms with Crippen molar-refractivity contribution >= 4 is 0 Å². The fraction of sp³-hybridized carbons (Fsp3) is 0.429. The van der Waals surface area contributed by atoms with Crippen molar-refractivity contribution in [1.29, 1.82) is 0 Å². The van der Waals surface area contributed by atoms with Gasteiger partial charge in [0.15, 0.2) is 5.82 Å². The molecule has 18 heavy (non-hydrogen) atoms. The lowest BCUT2D eigenvalue weighted by Gasteiger charge is -2.04. The molecule has 0 saturated heterocycles. The predicted molar refractivity (Wildman–Crippen MR) is 71.4 cm³/mol. The molecule has 4 nitrogen and oxygen atoms in total. The first-order chi connectivity index (χ1) is 8.81. The largest absolute Gasteiger partial charge is 0.198 e. The molecule has 95 valence electrons. The zero-order valence-corrected chi connectivity index (χ0v) is 10.8. The van der Waals surface area contributed by atoms with Crippen LogP contribution in [0.2, 0.25) is 0 Å². The number of aromatic nitrogens is 4. The maximum Gasteiger partial charge on any atom is 0.153 e. The van der Waals surface area contributed by atoms with Gasteiger partial charge in [-0.15, -0.1) is 5.10 Å². The highest BCUT2D eigenvalue weighted by molar-refractivity contribution is 5.34. The van der Waals surface area contributed by atoms with Crippen molar-refractivity contribution in [1.82, 2.24) is 20.2 Å². The lowest BCUT2D eigenvalue weighted by molar-refractivity contribution is 0.685. The molecule has 4 heteroatoms. The van der Waals surface area contributed by atoms with Crippen molar-refractivity contribution in [3.63, 3.8) is 0 Å². The van der Waals surface area contributed by atoms with Crippen LogP contribution < -0.4 is 0 Å². The third-order valence-corrected chi connectivity index (χ3v) is 3.02. The lowest BCUT2D eigenvalue weighted by Crippen LogP contribution is -1.99. The fourth-order valence-corrected chi connectivity index (χ4v) is 1.96. The normalized spacial score (nSPS) is 10.8. The Morgan fingerprint density at radius 1 is 1.11 bits per heavy atom. The van der Waals surface area contributed by atoms with Gasteiger partial charge in [-0.05, 0) is 47.9 Å². The zero-order valence-electron chi connectivity index (χ0n) is 10.8.